The van der Waals surface area contributed by atoms with Crippen LogP contribution < -0.4 is 4.73 Å². The fraction of sp³-hybridized carbons (Fsp3) is 0.409. The molecule has 0 saturated carbocycles. The minimum atomic E-state index is -0.722. The van der Waals surface area contributed by atoms with Gasteiger partial charge in [-0.3, -0.25) is 0 Å². The van der Waals surface area contributed by atoms with Crippen LogP contribution in [0.1, 0.15) is 59.0 Å². The van der Waals surface area contributed by atoms with Gasteiger partial charge in [-0.05, 0) is 36.1 Å². The fourth-order valence-corrected chi connectivity index (χ4v) is 3.75. The van der Waals surface area contributed by atoms with Crippen molar-refractivity contribution < 1.29 is 14.9 Å². The van der Waals surface area contributed by atoms with Gasteiger partial charge in [-0.15, -0.1) is 0 Å². The van der Waals surface area contributed by atoms with Crippen LogP contribution in [0.2, 0.25) is 0 Å². The molecular weight excluding hydrogens is 326 g/mol. The van der Waals surface area contributed by atoms with E-state index in [4.69, 9.17) is 0 Å². The predicted molar refractivity (Wildman–Crippen MR) is 103 cm³/mol. The van der Waals surface area contributed by atoms with Crippen LogP contribution in [-0.4, -0.2) is 22.4 Å². The average molecular weight is 353 g/mol. The first-order valence-corrected chi connectivity index (χ1v) is 9.27. The van der Waals surface area contributed by atoms with E-state index in [0.29, 0.717) is 25.0 Å². The fourth-order valence-electron chi connectivity index (χ4n) is 3.75. The van der Waals surface area contributed by atoms with Gasteiger partial charge in [0, 0.05) is 30.9 Å². The van der Waals surface area contributed by atoms with Crippen LogP contribution in [0.5, 0.6) is 0 Å². The molecule has 0 aliphatic heterocycles. The highest BCUT2D eigenvalue weighted by Gasteiger charge is 2.27. The summed E-state index contributed by atoms with van der Waals surface area (Å²) in [5.74, 6) is 0. The molecule has 2 atom stereocenters. The Hall–Kier alpha value is -2.17. The van der Waals surface area contributed by atoms with E-state index in [1.165, 1.54) is 11.1 Å². The zero-order chi connectivity index (χ0) is 18.8. The molecule has 4 nitrogen and oxygen atoms in total. The lowest BCUT2D eigenvalue weighted by Crippen LogP contribution is -2.40. The molecule has 1 aromatic heterocycles. The van der Waals surface area contributed by atoms with Crippen LogP contribution in [0, 0.1) is 19.1 Å². The van der Waals surface area contributed by atoms with Gasteiger partial charge < -0.3 is 15.4 Å². The van der Waals surface area contributed by atoms with E-state index in [1.807, 2.05) is 39.0 Å². The van der Waals surface area contributed by atoms with E-state index in [-0.39, 0.29) is 0 Å². The molecule has 0 unspecified atom stereocenters. The number of rotatable bonds is 5. The largest absolute Gasteiger partial charge is 0.618 e. The van der Waals surface area contributed by atoms with E-state index in [2.05, 4.69) is 12.1 Å². The maximum Gasteiger partial charge on any atom is 0.201 e. The summed E-state index contributed by atoms with van der Waals surface area (Å²) in [6.45, 7) is 5.76. The molecule has 1 aliphatic rings. The van der Waals surface area contributed by atoms with Crippen LogP contribution in [0.15, 0.2) is 30.3 Å². The molecule has 26 heavy (non-hydrogen) atoms. The Morgan fingerprint density at radius 1 is 1.15 bits per heavy atom. The van der Waals surface area contributed by atoms with Crippen molar-refractivity contribution in [2.24, 2.45) is 0 Å². The SMILES string of the molecule is CC[C@H](O)C[C@H](O)/C=C/c1c(C)c2c([n+]([O-])c1C)Cc1ccccc1C2. The lowest BCUT2D eigenvalue weighted by atomic mass is 9.85. The topological polar surface area (TPSA) is 67.4 Å². The summed E-state index contributed by atoms with van der Waals surface area (Å²) < 4.78 is 1.05. The first-order chi connectivity index (χ1) is 12.4. The molecule has 138 valence electrons. The van der Waals surface area contributed by atoms with Crippen molar-refractivity contribution in [3.63, 3.8) is 0 Å². The number of nitrogens with zero attached hydrogens (tertiary/aromatic N) is 1. The van der Waals surface area contributed by atoms with Crippen LogP contribution in [0.4, 0.5) is 0 Å². The highest BCUT2D eigenvalue weighted by Crippen LogP contribution is 2.30. The minimum Gasteiger partial charge on any atom is -0.618 e. The number of aromatic nitrogens is 1. The van der Waals surface area contributed by atoms with Crippen molar-refractivity contribution in [3.05, 3.63) is 74.8 Å². The van der Waals surface area contributed by atoms with E-state index in [9.17, 15) is 15.4 Å². The summed E-state index contributed by atoms with van der Waals surface area (Å²) in [5.41, 5.74) is 7.02. The zero-order valence-electron chi connectivity index (χ0n) is 15.7. The Bertz CT molecular complexity index is 842. The molecular formula is C22H27NO3. The summed E-state index contributed by atoms with van der Waals surface area (Å²) in [5, 5.41) is 32.6. The first-order valence-electron chi connectivity index (χ1n) is 9.27. The quantitative estimate of drug-likeness (QED) is 0.547. The number of fused-ring (bicyclic) bond motifs is 2. The number of hydrogen-bond acceptors (Lipinski definition) is 3. The van der Waals surface area contributed by atoms with E-state index in [1.54, 1.807) is 6.08 Å². The molecule has 0 amide bonds. The molecule has 3 rings (SSSR count). The molecule has 4 heteroatoms. The third-order valence-electron chi connectivity index (χ3n) is 5.46. The Morgan fingerprint density at radius 2 is 1.81 bits per heavy atom. The molecule has 0 saturated heterocycles. The number of benzene rings is 1. The summed E-state index contributed by atoms with van der Waals surface area (Å²) >= 11 is 0. The smallest absolute Gasteiger partial charge is 0.201 e. The van der Waals surface area contributed by atoms with E-state index in [0.717, 1.165) is 33.5 Å². The molecule has 0 fully saturated rings. The van der Waals surface area contributed by atoms with Crippen molar-refractivity contribution in [2.75, 3.05) is 0 Å². The second kappa shape index (κ2) is 7.60. The molecule has 1 aliphatic carbocycles. The Morgan fingerprint density at radius 3 is 2.46 bits per heavy atom. The Labute approximate surface area is 155 Å². The zero-order valence-corrected chi connectivity index (χ0v) is 15.7. The summed E-state index contributed by atoms with van der Waals surface area (Å²) in [6, 6.07) is 8.26. The summed E-state index contributed by atoms with van der Waals surface area (Å²) in [4.78, 5) is 0. The number of pyridine rings is 1. The van der Waals surface area contributed by atoms with Crippen molar-refractivity contribution in [1.82, 2.24) is 0 Å². The average Bonchev–Trinajstić information content (AvgIpc) is 2.64. The standard InChI is InChI=1S/C22H27NO3/c1-4-18(24)13-19(25)9-10-20-14(2)21-11-16-7-5-6-8-17(16)12-22(21)23(26)15(20)3/h5-10,18-19,24-25H,4,11-13H2,1-3H3/b10-9+/t18-,19+/m0/s1. The highest BCUT2D eigenvalue weighted by molar-refractivity contribution is 5.59. The Balaban J connectivity index is 1.96. The number of aliphatic hydroxyl groups is 2. The normalized spacial score (nSPS) is 15.6. The lowest BCUT2D eigenvalue weighted by molar-refractivity contribution is -0.621. The Kier molecular flexibility index (Phi) is 5.44. The third-order valence-corrected chi connectivity index (χ3v) is 5.46. The van der Waals surface area contributed by atoms with Crippen molar-refractivity contribution >= 4 is 6.08 Å². The van der Waals surface area contributed by atoms with Crippen LogP contribution >= 0.6 is 0 Å². The van der Waals surface area contributed by atoms with E-state index >= 15 is 0 Å². The first kappa shape index (κ1) is 18.6. The second-order valence-electron chi connectivity index (χ2n) is 7.19. The number of aliphatic hydroxyl groups excluding tert-OH is 2. The minimum absolute atomic E-state index is 0.306. The monoisotopic (exact) mass is 353 g/mol. The van der Waals surface area contributed by atoms with Gasteiger partial charge in [-0.1, -0.05) is 37.3 Å². The molecule has 2 N–H and O–H groups in total. The van der Waals surface area contributed by atoms with Crippen LogP contribution in [0.25, 0.3) is 6.08 Å². The van der Waals surface area contributed by atoms with Gasteiger partial charge in [0.05, 0.1) is 18.6 Å². The highest BCUT2D eigenvalue weighted by atomic mass is 16.5. The molecule has 1 heterocycles. The van der Waals surface area contributed by atoms with Gasteiger partial charge in [0.1, 0.15) is 0 Å². The summed E-state index contributed by atoms with van der Waals surface area (Å²) in [6.07, 6.45) is 4.61. The van der Waals surface area contributed by atoms with E-state index < -0.39 is 12.2 Å². The summed E-state index contributed by atoms with van der Waals surface area (Å²) in [7, 11) is 0. The van der Waals surface area contributed by atoms with Gasteiger partial charge in [0.2, 0.25) is 5.69 Å². The van der Waals surface area contributed by atoms with Crippen molar-refractivity contribution in [2.45, 2.75) is 58.7 Å². The van der Waals surface area contributed by atoms with Gasteiger partial charge in [0.15, 0.2) is 5.69 Å². The lowest BCUT2D eigenvalue weighted by Gasteiger charge is -2.23. The molecule has 0 radical (unpaired) electrons. The maximum atomic E-state index is 12.8. The van der Waals surface area contributed by atoms with Crippen LogP contribution in [-0.2, 0) is 12.8 Å². The number of hydrogen-bond donors (Lipinski definition) is 2. The van der Waals surface area contributed by atoms with Crippen molar-refractivity contribution in [1.29, 1.82) is 0 Å². The molecule has 0 spiro atoms. The second-order valence-corrected chi connectivity index (χ2v) is 7.19. The predicted octanol–water partition coefficient (Wildman–Crippen LogP) is 2.97. The van der Waals surface area contributed by atoms with Crippen LogP contribution in [0.3, 0.4) is 0 Å². The van der Waals surface area contributed by atoms with Gasteiger partial charge in [-0.25, -0.2) is 0 Å². The molecule has 2 aromatic rings. The van der Waals surface area contributed by atoms with Gasteiger partial charge in [-0.2, -0.15) is 4.73 Å². The molecule has 1 aromatic carbocycles. The van der Waals surface area contributed by atoms with Gasteiger partial charge >= 0.3 is 0 Å². The third kappa shape index (κ3) is 3.53. The molecule has 0 bridgehead atoms. The van der Waals surface area contributed by atoms with Crippen molar-refractivity contribution in [3.8, 4) is 0 Å². The van der Waals surface area contributed by atoms with Gasteiger partial charge in [0.25, 0.3) is 0 Å². The maximum absolute atomic E-state index is 12.8.